The maximum atomic E-state index is 12.4. The molecular formula is C22H20N6O. The Kier molecular flexibility index (Phi) is 5.03. The number of amides is 1. The van der Waals surface area contributed by atoms with Gasteiger partial charge in [0.05, 0.1) is 0 Å². The van der Waals surface area contributed by atoms with Gasteiger partial charge in [-0.2, -0.15) is 0 Å². The van der Waals surface area contributed by atoms with Gasteiger partial charge in [-0.15, -0.1) is 0 Å². The normalized spacial score (nSPS) is 10.8. The lowest BCUT2D eigenvalue weighted by Crippen LogP contribution is -2.25. The summed E-state index contributed by atoms with van der Waals surface area (Å²) in [6.45, 7) is 0.512. The molecule has 7 nitrogen and oxygen atoms in total. The Morgan fingerprint density at radius 3 is 2.55 bits per heavy atom. The molecule has 4 rings (SSSR count). The Bertz CT molecular complexity index is 1170. The van der Waals surface area contributed by atoms with Crippen molar-refractivity contribution in [2.24, 2.45) is 5.73 Å². The summed E-state index contributed by atoms with van der Waals surface area (Å²) in [5.41, 5.74) is 10.8. The fraction of sp³-hybridized carbons (Fsp3) is 0.0909. The number of hydrogen-bond acceptors (Lipinski definition) is 4. The van der Waals surface area contributed by atoms with Crippen LogP contribution in [-0.2, 0) is 6.42 Å². The fourth-order valence-corrected chi connectivity index (χ4v) is 3.23. The van der Waals surface area contributed by atoms with E-state index in [4.69, 9.17) is 11.1 Å². The number of rotatable bonds is 6. The van der Waals surface area contributed by atoms with Crippen LogP contribution in [0.25, 0.3) is 22.0 Å². The maximum absolute atomic E-state index is 12.4. The van der Waals surface area contributed by atoms with E-state index in [1.54, 1.807) is 30.7 Å². The molecule has 0 unspecified atom stereocenters. The number of nitrogens with two attached hydrogens (primary N) is 1. The molecule has 0 bridgehead atoms. The van der Waals surface area contributed by atoms with Gasteiger partial charge in [-0.1, -0.05) is 18.2 Å². The highest BCUT2D eigenvalue weighted by Gasteiger charge is 2.09. The average molecular weight is 384 g/mol. The monoisotopic (exact) mass is 384 g/mol. The van der Waals surface area contributed by atoms with E-state index in [1.165, 1.54) is 6.33 Å². The molecule has 29 heavy (non-hydrogen) atoms. The summed E-state index contributed by atoms with van der Waals surface area (Å²) < 4.78 is 0. The zero-order valence-electron chi connectivity index (χ0n) is 15.6. The molecule has 0 atom stereocenters. The first kappa shape index (κ1) is 18.4. The zero-order chi connectivity index (χ0) is 20.2. The lowest BCUT2D eigenvalue weighted by molar-refractivity contribution is 0.0954. The number of H-pyrrole nitrogens is 1. The Morgan fingerprint density at radius 2 is 1.83 bits per heavy atom. The molecule has 2 aromatic carbocycles. The molecule has 0 saturated carbocycles. The van der Waals surface area contributed by atoms with Crippen LogP contribution in [0, 0.1) is 5.41 Å². The highest BCUT2D eigenvalue weighted by atomic mass is 16.1. The summed E-state index contributed by atoms with van der Waals surface area (Å²) in [7, 11) is 0. The standard InChI is InChI=1S/C22H20N6O/c23-21(24)19-12-28-20-6-1-14(9-18(19)20)7-8-27-22(29)16-4-2-15(3-5-16)17-10-25-13-26-11-17/h1-6,9-13,28H,7-8H2,(H3,23,24)(H,27,29). The number of carbonyl (C=O) groups excluding carboxylic acids is 1. The minimum atomic E-state index is -0.118. The van der Waals surface area contributed by atoms with Crippen LogP contribution in [0.1, 0.15) is 21.5 Å². The van der Waals surface area contributed by atoms with Crippen molar-refractivity contribution in [1.82, 2.24) is 20.3 Å². The summed E-state index contributed by atoms with van der Waals surface area (Å²) in [6.07, 6.45) is 7.38. The van der Waals surface area contributed by atoms with Crippen LogP contribution in [-0.4, -0.2) is 33.2 Å². The molecule has 0 radical (unpaired) electrons. The van der Waals surface area contributed by atoms with E-state index < -0.39 is 0 Å². The molecule has 0 fully saturated rings. The summed E-state index contributed by atoms with van der Waals surface area (Å²) in [5.74, 6) is -0.0831. The van der Waals surface area contributed by atoms with Gasteiger partial charge in [0, 0.05) is 52.7 Å². The van der Waals surface area contributed by atoms with E-state index >= 15 is 0 Å². The Morgan fingerprint density at radius 1 is 1.07 bits per heavy atom. The summed E-state index contributed by atoms with van der Waals surface area (Å²) in [5, 5.41) is 11.5. The summed E-state index contributed by atoms with van der Waals surface area (Å²) in [6, 6.07) is 13.3. The van der Waals surface area contributed by atoms with Crippen LogP contribution in [0.3, 0.4) is 0 Å². The van der Waals surface area contributed by atoms with Gasteiger partial charge in [0.1, 0.15) is 12.2 Å². The van der Waals surface area contributed by atoms with Crippen LogP contribution < -0.4 is 11.1 Å². The van der Waals surface area contributed by atoms with Crippen LogP contribution in [0.4, 0.5) is 0 Å². The SMILES string of the molecule is N=C(N)c1c[nH]c2ccc(CCNC(=O)c3ccc(-c4cncnc4)cc3)cc12. The molecule has 0 aliphatic heterocycles. The van der Waals surface area contributed by atoms with Crippen molar-refractivity contribution in [2.45, 2.75) is 6.42 Å². The van der Waals surface area contributed by atoms with Crippen molar-refractivity contribution < 1.29 is 4.79 Å². The predicted molar refractivity (Wildman–Crippen MR) is 113 cm³/mol. The zero-order valence-corrected chi connectivity index (χ0v) is 15.6. The van der Waals surface area contributed by atoms with E-state index in [-0.39, 0.29) is 11.7 Å². The van der Waals surface area contributed by atoms with Crippen molar-refractivity contribution in [1.29, 1.82) is 5.41 Å². The van der Waals surface area contributed by atoms with Gasteiger partial charge < -0.3 is 16.0 Å². The van der Waals surface area contributed by atoms with Crippen LogP contribution in [0.2, 0.25) is 0 Å². The van der Waals surface area contributed by atoms with Crippen molar-refractivity contribution >= 4 is 22.6 Å². The van der Waals surface area contributed by atoms with Crippen molar-refractivity contribution in [2.75, 3.05) is 6.54 Å². The van der Waals surface area contributed by atoms with E-state index in [2.05, 4.69) is 20.3 Å². The van der Waals surface area contributed by atoms with Gasteiger partial charge in [-0.05, 0) is 41.8 Å². The minimum Gasteiger partial charge on any atom is -0.384 e. The van der Waals surface area contributed by atoms with Crippen molar-refractivity contribution in [3.63, 3.8) is 0 Å². The number of carbonyl (C=O) groups is 1. The third-order valence-electron chi connectivity index (χ3n) is 4.78. The second kappa shape index (κ2) is 7.93. The number of nitrogens with zero attached hydrogens (tertiary/aromatic N) is 2. The van der Waals surface area contributed by atoms with E-state index in [0.29, 0.717) is 24.1 Å². The fourth-order valence-electron chi connectivity index (χ4n) is 3.23. The molecular weight excluding hydrogens is 364 g/mol. The minimum absolute atomic E-state index is 0.0345. The van der Waals surface area contributed by atoms with E-state index in [1.807, 2.05) is 30.3 Å². The lowest BCUT2D eigenvalue weighted by atomic mass is 10.1. The Hall–Kier alpha value is -4.00. The third-order valence-corrected chi connectivity index (χ3v) is 4.78. The molecule has 1 amide bonds. The highest BCUT2D eigenvalue weighted by Crippen LogP contribution is 2.20. The van der Waals surface area contributed by atoms with Gasteiger partial charge in [0.25, 0.3) is 5.91 Å². The number of nitrogens with one attached hydrogen (secondary N) is 3. The van der Waals surface area contributed by atoms with Gasteiger partial charge >= 0.3 is 0 Å². The molecule has 4 aromatic rings. The highest BCUT2D eigenvalue weighted by molar-refractivity contribution is 6.07. The largest absolute Gasteiger partial charge is 0.384 e. The number of aromatic nitrogens is 3. The Labute approximate surface area is 167 Å². The number of benzene rings is 2. The number of hydrogen-bond donors (Lipinski definition) is 4. The van der Waals surface area contributed by atoms with Crippen molar-refractivity contribution in [3.05, 3.63) is 84.1 Å². The topological polar surface area (TPSA) is 121 Å². The van der Waals surface area contributed by atoms with E-state index in [9.17, 15) is 4.79 Å². The smallest absolute Gasteiger partial charge is 0.251 e. The van der Waals surface area contributed by atoms with Gasteiger partial charge in [0.15, 0.2) is 0 Å². The molecule has 7 heteroatoms. The number of aromatic amines is 1. The maximum Gasteiger partial charge on any atom is 0.251 e. The first-order chi connectivity index (χ1) is 14.1. The molecule has 2 aromatic heterocycles. The molecule has 0 spiro atoms. The molecule has 144 valence electrons. The van der Waals surface area contributed by atoms with Crippen LogP contribution >= 0.6 is 0 Å². The summed E-state index contributed by atoms with van der Waals surface area (Å²) in [4.78, 5) is 23.5. The van der Waals surface area contributed by atoms with Crippen molar-refractivity contribution in [3.8, 4) is 11.1 Å². The van der Waals surface area contributed by atoms with Gasteiger partial charge in [-0.25, -0.2) is 9.97 Å². The lowest BCUT2D eigenvalue weighted by Gasteiger charge is -2.07. The van der Waals surface area contributed by atoms with Gasteiger partial charge in [-0.3, -0.25) is 10.2 Å². The molecule has 0 saturated heterocycles. The first-order valence-electron chi connectivity index (χ1n) is 9.20. The molecule has 0 aliphatic carbocycles. The number of amidine groups is 1. The summed E-state index contributed by atoms with van der Waals surface area (Å²) >= 11 is 0. The first-order valence-corrected chi connectivity index (χ1v) is 9.20. The quantitative estimate of drug-likeness (QED) is 0.302. The second-order valence-corrected chi connectivity index (χ2v) is 6.71. The van der Waals surface area contributed by atoms with Gasteiger partial charge in [0.2, 0.25) is 0 Å². The molecule has 2 heterocycles. The molecule has 0 aliphatic rings. The van der Waals surface area contributed by atoms with E-state index in [0.717, 1.165) is 27.6 Å². The van der Waals surface area contributed by atoms with Crippen LogP contribution in [0.5, 0.6) is 0 Å². The number of fused-ring (bicyclic) bond motifs is 1. The average Bonchev–Trinajstić information content (AvgIpc) is 3.18. The second-order valence-electron chi connectivity index (χ2n) is 6.71. The Balaban J connectivity index is 1.38. The third kappa shape index (κ3) is 3.98. The number of nitrogen functional groups attached to an aromatic ring is 1. The molecule has 5 N–H and O–H groups in total. The predicted octanol–water partition coefficient (Wildman–Crippen LogP) is 2.88. The van der Waals surface area contributed by atoms with Crippen LogP contribution in [0.15, 0.2) is 67.4 Å².